The van der Waals surface area contributed by atoms with Crippen LogP contribution in [-0.4, -0.2) is 106 Å². The molecular formula is C26H38N9O5+. The summed E-state index contributed by atoms with van der Waals surface area (Å²) in [5.41, 5.74) is 11.9. The predicted molar refractivity (Wildman–Crippen MR) is 144 cm³/mol. The molecule has 216 valence electrons. The topological polar surface area (TPSA) is 205 Å². The van der Waals surface area contributed by atoms with E-state index in [2.05, 4.69) is 39.8 Å². The Hall–Kier alpha value is -3.78. The molecule has 5 aliphatic rings. The quantitative estimate of drug-likeness (QED) is 0.172. The maximum Gasteiger partial charge on any atom is 0.343 e. The second-order valence-electron chi connectivity index (χ2n) is 11.9. The van der Waals surface area contributed by atoms with Gasteiger partial charge in [-0.2, -0.15) is 0 Å². The van der Waals surface area contributed by atoms with Gasteiger partial charge in [0.25, 0.3) is 11.6 Å². The Morgan fingerprint density at radius 3 is 2.75 bits per heavy atom. The molecule has 2 saturated heterocycles. The number of hydrogen-bond acceptors (Lipinski definition) is 10. The van der Waals surface area contributed by atoms with Crippen LogP contribution >= 0.6 is 0 Å². The van der Waals surface area contributed by atoms with Crippen LogP contribution in [0.3, 0.4) is 0 Å². The third-order valence-electron chi connectivity index (χ3n) is 9.01. The summed E-state index contributed by atoms with van der Waals surface area (Å²) in [4.78, 5) is 37.1. The van der Waals surface area contributed by atoms with Crippen LogP contribution in [0.2, 0.25) is 0 Å². The van der Waals surface area contributed by atoms with Gasteiger partial charge in [0.05, 0.1) is 18.7 Å². The molecular weight excluding hydrogens is 518 g/mol. The highest BCUT2D eigenvalue weighted by molar-refractivity contribution is 5.98. The summed E-state index contributed by atoms with van der Waals surface area (Å²) >= 11 is 0. The lowest BCUT2D eigenvalue weighted by Crippen LogP contribution is -2.90. The molecule has 14 heteroatoms. The number of carbonyl (C=O) groups excluding carboxylic acids is 2. The number of amides is 3. The Labute approximate surface area is 231 Å². The Kier molecular flexibility index (Phi) is 6.03. The molecule has 10 N–H and O–H groups in total. The summed E-state index contributed by atoms with van der Waals surface area (Å²) in [6.07, 6.45) is 2.73. The first-order valence-corrected chi connectivity index (χ1v) is 13.8. The zero-order valence-corrected chi connectivity index (χ0v) is 22.7. The fourth-order valence-electron chi connectivity index (χ4n) is 6.75. The summed E-state index contributed by atoms with van der Waals surface area (Å²) in [6.45, 7) is 6.09. The Bertz CT molecular complexity index is 1290. The van der Waals surface area contributed by atoms with Crippen molar-refractivity contribution in [3.05, 3.63) is 29.3 Å². The number of guanidine groups is 2. The standard InChI is InChI=1S/C26H37N9O5/c1-24(2)8-11-40-18-14(6-5-7-15(18)24)20(36)31-17-13-35-22(28)30-16(12-29-23(37)34-9-3-4-10-34)19-25(35,26(17,38)39)33-21(27)32-19/h5-7,16-17,19,38-39H,3-4,8-13H2,1-2H3,(H2,28,30)(H,29,37)(H,31,36)(H3,27,32,33)/p+1/t16-,17?,19-,25-/m0/s1. The average Bonchev–Trinajstić information content (AvgIpc) is 3.61. The molecule has 5 heterocycles. The molecule has 0 aliphatic carbocycles. The van der Waals surface area contributed by atoms with Crippen LogP contribution in [0, 0.1) is 0 Å². The number of aliphatic hydroxyl groups is 2. The smallest absolute Gasteiger partial charge is 0.343 e. The number of ether oxygens (including phenoxy) is 1. The summed E-state index contributed by atoms with van der Waals surface area (Å²) < 4.78 is 5.90. The van der Waals surface area contributed by atoms with Crippen molar-refractivity contribution in [3.63, 3.8) is 0 Å². The maximum atomic E-state index is 13.6. The van der Waals surface area contributed by atoms with E-state index in [9.17, 15) is 19.8 Å². The van der Waals surface area contributed by atoms with Crippen molar-refractivity contribution in [2.75, 3.05) is 32.8 Å². The zero-order valence-electron chi connectivity index (χ0n) is 22.7. The largest absolute Gasteiger partial charge is 0.492 e. The van der Waals surface area contributed by atoms with Gasteiger partial charge in [-0.25, -0.2) is 15.1 Å². The van der Waals surface area contributed by atoms with Crippen LogP contribution < -0.4 is 37.1 Å². The number of hydrogen-bond donors (Lipinski definition) is 8. The summed E-state index contributed by atoms with van der Waals surface area (Å²) in [6, 6.07) is 2.54. The Morgan fingerprint density at radius 1 is 1.25 bits per heavy atom. The molecule has 5 aliphatic heterocycles. The van der Waals surface area contributed by atoms with Gasteiger partial charge in [-0.05, 0) is 30.7 Å². The minimum atomic E-state index is -2.55. The summed E-state index contributed by atoms with van der Waals surface area (Å²) in [7, 11) is 0. The number of aliphatic imine (C=N–C) groups is 1. The second-order valence-corrected chi connectivity index (χ2v) is 11.9. The van der Waals surface area contributed by atoms with Gasteiger partial charge in [0.15, 0.2) is 12.0 Å². The van der Waals surface area contributed by atoms with E-state index >= 15 is 0 Å². The van der Waals surface area contributed by atoms with E-state index in [0.717, 1.165) is 24.8 Å². The number of nitrogens with two attached hydrogens (primary N) is 2. The fourth-order valence-corrected chi connectivity index (χ4v) is 6.75. The minimum Gasteiger partial charge on any atom is -0.492 e. The number of fused-ring (bicyclic) bond motifs is 1. The molecule has 1 aromatic carbocycles. The number of para-hydroxylation sites is 1. The lowest BCUT2D eigenvalue weighted by molar-refractivity contribution is -0.521. The van der Waals surface area contributed by atoms with Gasteiger partial charge in [-0.1, -0.05) is 26.0 Å². The molecule has 6 rings (SSSR count). The summed E-state index contributed by atoms with van der Waals surface area (Å²) in [5.74, 6) is -2.42. The van der Waals surface area contributed by atoms with Crippen molar-refractivity contribution < 1.29 is 29.5 Å². The van der Waals surface area contributed by atoms with Crippen LogP contribution in [0.25, 0.3) is 0 Å². The van der Waals surface area contributed by atoms with E-state index in [4.69, 9.17) is 16.2 Å². The first kappa shape index (κ1) is 26.4. The van der Waals surface area contributed by atoms with E-state index in [1.807, 2.05) is 6.07 Å². The number of rotatable bonds is 4. The molecule has 1 unspecified atom stereocenters. The number of likely N-dealkylation sites (tertiary alicyclic amines) is 1. The van der Waals surface area contributed by atoms with Gasteiger partial charge in [-0.15, -0.1) is 0 Å². The second kappa shape index (κ2) is 9.13. The Morgan fingerprint density at radius 2 is 2.00 bits per heavy atom. The van der Waals surface area contributed by atoms with Crippen molar-refractivity contribution in [1.29, 1.82) is 0 Å². The third kappa shape index (κ3) is 3.84. The first-order valence-electron chi connectivity index (χ1n) is 13.8. The number of carbonyl (C=O) groups is 2. The van der Waals surface area contributed by atoms with E-state index in [0.29, 0.717) is 31.0 Å². The SMILES string of the molecule is CC1(C)CCOc2c(C(=O)NC3CN4C(N)=N[C@@H](CNC(=O)N5CCCC5)[C@@H]5[NH+]=C(N)N[C@@]54C3(O)O)cccc21. The average molecular weight is 557 g/mol. The van der Waals surface area contributed by atoms with Crippen molar-refractivity contribution in [3.8, 4) is 5.75 Å². The fraction of sp³-hybridized carbons (Fsp3) is 0.615. The molecule has 1 aromatic rings. The normalized spacial score (nSPS) is 31.1. The molecule has 0 bridgehead atoms. The van der Waals surface area contributed by atoms with Crippen molar-refractivity contribution in [2.24, 2.45) is 16.5 Å². The highest BCUT2D eigenvalue weighted by Crippen LogP contribution is 2.43. The van der Waals surface area contributed by atoms with Gasteiger partial charge in [0.2, 0.25) is 5.79 Å². The molecule has 2 fully saturated rings. The monoisotopic (exact) mass is 556 g/mol. The number of benzene rings is 1. The lowest BCUT2D eigenvalue weighted by atomic mass is 9.79. The summed E-state index contributed by atoms with van der Waals surface area (Å²) in [5, 5.41) is 32.1. The van der Waals surface area contributed by atoms with Crippen molar-refractivity contribution in [1.82, 2.24) is 25.8 Å². The number of nitrogens with one attached hydrogen (secondary N) is 4. The predicted octanol–water partition coefficient (Wildman–Crippen LogP) is -3.59. The van der Waals surface area contributed by atoms with E-state index in [1.165, 1.54) is 4.90 Å². The van der Waals surface area contributed by atoms with Crippen LogP contribution in [0.15, 0.2) is 23.2 Å². The molecule has 0 saturated carbocycles. The third-order valence-corrected chi connectivity index (χ3v) is 9.01. The van der Waals surface area contributed by atoms with Crippen molar-refractivity contribution in [2.45, 2.75) is 68.1 Å². The highest BCUT2D eigenvalue weighted by Gasteiger charge is 2.76. The molecule has 40 heavy (non-hydrogen) atoms. The van der Waals surface area contributed by atoms with E-state index in [-0.39, 0.29) is 36.5 Å². The van der Waals surface area contributed by atoms with Crippen LogP contribution in [0.5, 0.6) is 5.75 Å². The van der Waals surface area contributed by atoms with Gasteiger partial charge >= 0.3 is 12.0 Å². The number of urea groups is 1. The molecule has 1 spiro atoms. The van der Waals surface area contributed by atoms with Gasteiger partial charge in [0.1, 0.15) is 17.8 Å². The molecule has 4 atom stereocenters. The molecule has 0 radical (unpaired) electrons. The Balaban J connectivity index is 1.26. The lowest BCUT2D eigenvalue weighted by Gasteiger charge is -2.46. The highest BCUT2D eigenvalue weighted by atomic mass is 16.5. The van der Waals surface area contributed by atoms with Crippen LogP contribution in [0.4, 0.5) is 4.79 Å². The molecule has 3 amide bonds. The zero-order chi connectivity index (χ0) is 28.4. The minimum absolute atomic E-state index is 0.0343. The maximum absolute atomic E-state index is 13.6. The number of nitrogens with zero attached hydrogens (tertiary/aromatic N) is 3. The first-order chi connectivity index (χ1) is 19.0. The van der Waals surface area contributed by atoms with E-state index in [1.54, 1.807) is 17.0 Å². The molecule has 14 nitrogen and oxygen atoms in total. The van der Waals surface area contributed by atoms with Crippen LogP contribution in [0.1, 0.15) is 49.0 Å². The van der Waals surface area contributed by atoms with Crippen LogP contribution in [-0.2, 0) is 5.41 Å². The van der Waals surface area contributed by atoms with Gasteiger partial charge in [0, 0.05) is 25.2 Å². The van der Waals surface area contributed by atoms with E-state index < -0.39 is 35.5 Å². The van der Waals surface area contributed by atoms with Gasteiger partial charge in [-0.3, -0.25) is 20.4 Å². The van der Waals surface area contributed by atoms with Crippen molar-refractivity contribution >= 4 is 23.9 Å². The van der Waals surface area contributed by atoms with Gasteiger partial charge < -0.3 is 36.2 Å². The molecule has 0 aromatic heterocycles.